The lowest BCUT2D eigenvalue weighted by Crippen LogP contribution is -2.54. The normalized spacial score (nSPS) is 24.3. The number of nitrogens with two attached hydrogens (primary N) is 1. The van der Waals surface area contributed by atoms with Crippen molar-refractivity contribution >= 4 is 5.91 Å². The summed E-state index contributed by atoms with van der Waals surface area (Å²) in [5, 5.41) is 3.05. The van der Waals surface area contributed by atoms with Crippen molar-refractivity contribution in [2.75, 3.05) is 0 Å². The first kappa shape index (κ1) is 10.5. The smallest absolute Gasteiger partial charge is 0.224 e. The molecule has 0 aromatic carbocycles. The van der Waals surface area contributed by atoms with Crippen LogP contribution in [0.2, 0.25) is 0 Å². The highest BCUT2D eigenvalue weighted by molar-refractivity contribution is 5.79. The van der Waals surface area contributed by atoms with E-state index in [1.54, 1.807) is 0 Å². The van der Waals surface area contributed by atoms with Crippen molar-refractivity contribution in [2.45, 2.75) is 51.6 Å². The van der Waals surface area contributed by atoms with Crippen LogP contribution in [0.4, 0.5) is 0 Å². The molecule has 1 aliphatic rings. The molecule has 3 N–H and O–H groups in total. The van der Waals surface area contributed by atoms with Crippen molar-refractivity contribution in [3.05, 3.63) is 0 Å². The molecule has 1 aliphatic carbocycles. The van der Waals surface area contributed by atoms with Crippen LogP contribution in [-0.4, -0.2) is 17.5 Å². The van der Waals surface area contributed by atoms with Crippen LogP contribution >= 0.6 is 0 Å². The highest BCUT2D eigenvalue weighted by Crippen LogP contribution is 2.31. The van der Waals surface area contributed by atoms with E-state index in [4.69, 9.17) is 5.73 Å². The maximum Gasteiger partial charge on any atom is 0.224 e. The van der Waals surface area contributed by atoms with Gasteiger partial charge in [-0.1, -0.05) is 6.92 Å². The van der Waals surface area contributed by atoms with Crippen LogP contribution < -0.4 is 11.1 Å². The van der Waals surface area contributed by atoms with Gasteiger partial charge in [0, 0.05) is 17.5 Å². The monoisotopic (exact) mass is 184 g/mol. The molecule has 2 atom stereocenters. The Kier molecular flexibility index (Phi) is 2.96. The Balaban J connectivity index is 2.40. The molecule has 0 spiro atoms. The quantitative estimate of drug-likeness (QED) is 0.688. The molecule has 0 aromatic rings. The van der Waals surface area contributed by atoms with Gasteiger partial charge in [0.25, 0.3) is 0 Å². The Labute approximate surface area is 80.1 Å². The third-order valence-electron chi connectivity index (χ3n) is 3.08. The third kappa shape index (κ3) is 2.44. The summed E-state index contributed by atoms with van der Waals surface area (Å²) in [6.07, 6.45) is 3.43. The second kappa shape index (κ2) is 3.66. The maximum atomic E-state index is 11.6. The molecule has 0 radical (unpaired) electrons. The Bertz CT molecular complexity index is 197. The highest BCUT2D eigenvalue weighted by Gasteiger charge is 2.34. The number of carbonyl (C=O) groups excluding carboxylic acids is 1. The molecular formula is C10H20N2O. The van der Waals surface area contributed by atoms with Gasteiger partial charge in [-0.05, 0) is 33.1 Å². The SMILES string of the molecule is CC(N)C(C)C(=O)NC1(C)CCC1. The third-order valence-corrected chi connectivity index (χ3v) is 3.08. The molecule has 1 rings (SSSR count). The van der Waals surface area contributed by atoms with Gasteiger partial charge in [0.05, 0.1) is 0 Å². The topological polar surface area (TPSA) is 55.1 Å². The lowest BCUT2D eigenvalue weighted by atomic mass is 9.78. The van der Waals surface area contributed by atoms with Gasteiger partial charge >= 0.3 is 0 Å². The summed E-state index contributed by atoms with van der Waals surface area (Å²) in [7, 11) is 0. The second-order valence-electron chi connectivity index (χ2n) is 4.55. The second-order valence-corrected chi connectivity index (χ2v) is 4.55. The molecule has 2 unspecified atom stereocenters. The molecule has 1 saturated carbocycles. The van der Waals surface area contributed by atoms with Crippen molar-refractivity contribution in [2.24, 2.45) is 11.7 Å². The van der Waals surface area contributed by atoms with Gasteiger partial charge in [-0.15, -0.1) is 0 Å². The molecule has 0 aromatic heterocycles. The first-order valence-corrected chi connectivity index (χ1v) is 5.02. The molecule has 1 amide bonds. The van der Waals surface area contributed by atoms with E-state index in [0.717, 1.165) is 12.8 Å². The van der Waals surface area contributed by atoms with Crippen LogP contribution in [0.15, 0.2) is 0 Å². The standard InChI is InChI=1S/C10H20N2O/c1-7(8(2)11)9(13)12-10(3)5-4-6-10/h7-8H,4-6,11H2,1-3H3,(H,12,13). The Morgan fingerprint density at radius 3 is 2.31 bits per heavy atom. The van der Waals surface area contributed by atoms with E-state index in [0.29, 0.717) is 0 Å². The summed E-state index contributed by atoms with van der Waals surface area (Å²) >= 11 is 0. The zero-order valence-electron chi connectivity index (χ0n) is 8.76. The van der Waals surface area contributed by atoms with Crippen LogP contribution in [0.5, 0.6) is 0 Å². The van der Waals surface area contributed by atoms with E-state index in [1.165, 1.54) is 6.42 Å². The van der Waals surface area contributed by atoms with Crippen LogP contribution in [0.25, 0.3) is 0 Å². The fraction of sp³-hybridized carbons (Fsp3) is 0.900. The van der Waals surface area contributed by atoms with Crippen molar-refractivity contribution in [3.8, 4) is 0 Å². The van der Waals surface area contributed by atoms with E-state index in [-0.39, 0.29) is 23.4 Å². The van der Waals surface area contributed by atoms with Gasteiger partial charge in [-0.3, -0.25) is 4.79 Å². The fourth-order valence-electron chi connectivity index (χ4n) is 1.48. The minimum atomic E-state index is -0.0857. The first-order valence-electron chi connectivity index (χ1n) is 5.02. The average Bonchev–Trinajstić information content (AvgIpc) is 1.99. The van der Waals surface area contributed by atoms with E-state index in [9.17, 15) is 4.79 Å². The maximum absolute atomic E-state index is 11.6. The zero-order chi connectivity index (χ0) is 10.1. The Morgan fingerprint density at radius 1 is 1.46 bits per heavy atom. The van der Waals surface area contributed by atoms with E-state index < -0.39 is 0 Å². The predicted octanol–water partition coefficient (Wildman–Crippen LogP) is 1.03. The lowest BCUT2D eigenvalue weighted by Gasteiger charge is -2.40. The fourth-order valence-corrected chi connectivity index (χ4v) is 1.48. The molecule has 3 heteroatoms. The molecule has 0 heterocycles. The average molecular weight is 184 g/mol. The molecule has 1 fully saturated rings. The number of hydrogen-bond acceptors (Lipinski definition) is 2. The lowest BCUT2D eigenvalue weighted by molar-refractivity contribution is -0.127. The Morgan fingerprint density at radius 2 is 2.00 bits per heavy atom. The van der Waals surface area contributed by atoms with Gasteiger partial charge < -0.3 is 11.1 Å². The van der Waals surface area contributed by atoms with Crippen molar-refractivity contribution in [1.82, 2.24) is 5.32 Å². The molecule has 0 aliphatic heterocycles. The molecule has 13 heavy (non-hydrogen) atoms. The molecule has 76 valence electrons. The van der Waals surface area contributed by atoms with E-state index in [2.05, 4.69) is 12.2 Å². The van der Waals surface area contributed by atoms with Gasteiger partial charge in [-0.25, -0.2) is 0 Å². The van der Waals surface area contributed by atoms with Crippen molar-refractivity contribution in [3.63, 3.8) is 0 Å². The van der Waals surface area contributed by atoms with Gasteiger partial charge in [0.2, 0.25) is 5.91 Å². The number of rotatable bonds is 3. The van der Waals surface area contributed by atoms with Crippen LogP contribution in [0.3, 0.4) is 0 Å². The van der Waals surface area contributed by atoms with E-state index in [1.807, 2.05) is 13.8 Å². The number of carbonyl (C=O) groups is 1. The minimum Gasteiger partial charge on any atom is -0.351 e. The van der Waals surface area contributed by atoms with Crippen molar-refractivity contribution < 1.29 is 4.79 Å². The summed E-state index contributed by atoms with van der Waals surface area (Å²) in [5.41, 5.74) is 5.71. The van der Waals surface area contributed by atoms with Crippen LogP contribution in [-0.2, 0) is 4.79 Å². The summed E-state index contributed by atoms with van der Waals surface area (Å²) in [4.78, 5) is 11.6. The van der Waals surface area contributed by atoms with Gasteiger partial charge in [0.15, 0.2) is 0 Å². The van der Waals surface area contributed by atoms with E-state index >= 15 is 0 Å². The minimum absolute atomic E-state index is 0.0558. The zero-order valence-corrected chi connectivity index (χ0v) is 8.76. The largest absolute Gasteiger partial charge is 0.351 e. The number of amides is 1. The van der Waals surface area contributed by atoms with Crippen LogP contribution in [0, 0.1) is 5.92 Å². The summed E-state index contributed by atoms with van der Waals surface area (Å²) in [6.45, 7) is 5.84. The predicted molar refractivity (Wildman–Crippen MR) is 53.2 cm³/mol. The van der Waals surface area contributed by atoms with Crippen molar-refractivity contribution in [1.29, 1.82) is 0 Å². The molecule has 3 nitrogen and oxygen atoms in total. The van der Waals surface area contributed by atoms with Gasteiger partial charge in [0.1, 0.15) is 0 Å². The molecular weight excluding hydrogens is 164 g/mol. The highest BCUT2D eigenvalue weighted by atomic mass is 16.2. The summed E-state index contributed by atoms with van der Waals surface area (Å²) in [5.74, 6) is 0.00891. The Hall–Kier alpha value is -0.570. The molecule has 0 bridgehead atoms. The molecule has 0 saturated heterocycles. The first-order chi connectivity index (χ1) is 5.94. The van der Waals surface area contributed by atoms with Gasteiger partial charge in [-0.2, -0.15) is 0 Å². The van der Waals surface area contributed by atoms with Crippen LogP contribution in [0.1, 0.15) is 40.0 Å². The number of nitrogens with one attached hydrogen (secondary N) is 1. The summed E-state index contributed by atoms with van der Waals surface area (Å²) in [6, 6.07) is -0.0660. The number of hydrogen-bond donors (Lipinski definition) is 2. The summed E-state index contributed by atoms with van der Waals surface area (Å²) < 4.78 is 0.